The Morgan fingerprint density at radius 3 is 2.50 bits per heavy atom. The zero-order valence-corrected chi connectivity index (χ0v) is 20.6. The van der Waals surface area contributed by atoms with Gasteiger partial charge in [0.15, 0.2) is 4.80 Å². The maximum atomic E-state index is 13.1. The van der Waals surface area contributed by atoms with Crippen molar-refractivity contribution >= 4 is 37.5 Å². The minimum Gasteiger partial charge on any atom is -0.319 e. The summed E-state index contributed by atoms with van der Waals surface area (Å²) in [5, 5.41) is 0. The second kappa shape index (κ2) is 8.92. The Morgan fingerprint density at radius 1 is 1.12 bits per heavy atom. The van der Waals surface area contributed by atoms with Crippen molar-refractivity contribution in [1.82, 2.24) is 8.87 Å². The summed E-state index contributed by atoms with van der Waals surface area (Å²) >= 11 is 1.47. The molecular weight excluding hydrogens is 442 g/mol. The number of sulfonamides is 1. The number of hydrogen-bond donors (Lipinski definition) is 0. The second-order valence-electron chi connectivity index (χ2n) is 8.46. The van der Waals surface area contributed by atoms with Crippen LogP contribution in [0.25, 0.3) is 10.2 Å². The van der Waals surface area contributed by atoms with E-state index in [4.69, 9.17) is 0 Å². The van der Waals surface area contributed by atoms with Crippen LogP contribution >= 0.6 is 11.3 Å². The fourth-order valence-corrected chi connectivity index (χ4v) is 7.10. The maximum Gasteiger partial charge on any atom is 0.279 e. The predicted molar refractivity (Wildman–Crippen MR) is 128 cm³/mol. The number of aromatic nitrogens is 1. The lowest BCUT2D eigenvalue weighted by atomic mass is 10.0. The Balaban J connectivity index is 1.63. The van der Waals surface area contributed by atoms with Gasteiger partial charge in [-0.3, -0.25) is 4.79 Å². The minimum absolute atomic E-state index is 0.0466. The van der Waals surface area contributed by atoms with Crippen molar-refractivity contribution in [2.24, 2.45) is 12.0 Å². The topological polar surface area (TPSA) is 71.7 Å². The van der Waals surface area contributed by atoms with E-state index in [2.05, 4.69) is 31.0 Å². The third-order valence-corrected chi connectivity index (χ3v) is 9.43. The molecule has 0 radical (unpaired) electrons. The number of amides is 1. The van der Waals surface area contributed by atoms with E-state index in [1.165, 1.54) is 34.6 Å². The number of carbonyl (C=O) groups is 1. The number of piperidine rings is 1. The number of aryl methyl sites for hydroxylation is 3. The Morgan fingerprint density at radius 2 is 1.81 bits per heavy atom. The first-order chi connectivity index (χ1) is 15.2. The standard InChI is InChI=1S/C24H29N3O3S2/c1-5-19-8-6-7-13-27(19)32(29,30)20-11-9-18(10-12-20)23(28)25-24-26(4)21-14-16(2)17(3)15-22(21)31-24/h9-12,14-15,19H,5-8,13H2,1-4H3. The molecule has 1 aliphatic rings. The molecule has 1 aromatic heterocycles. The molecule has 0 spiro atoms. The Kier molecular flexibility index (Phi) is 6.38. The third-order valence-electron chi connectivity index (χ3n) is 6.37. The van der Waals surface area contributed by atoms with E-state index < -0.39 is 10.0 Å². The van der Waals surface area contributed by atoms with E-state index in [0.29, 0.717) is 16.9 Å². The summed E-state index contributed by atoms with van der Waals surface area (Å²) in [6.07, 6.45) is 3.65. The molecule has 170 valence electrons. The molecule has 2 heterocycles. The third kappa shape index (κ3) is 4.19. The van der Waals surface area contributed by atoms with Crippen LogP contribution in [0.2, 0.25) is 0 Å². The minimum atomic E-state index is -3.57. The first-order valence-electron chi connectivity index (χ1n) is 11.0. The summed E-state index contributed by atoms with van der Waals surface area (Å²) in [6.45, 7) is 6.71. The van der Waals surface area contributed by atoms with Crippen molar-refractivity contribution < 1.29 is 13.2 Å². The molecule has 1 atom stereocenters. The van der Waals surface area contributed by atoms with Gasteiger partial charge in [0, 0.05) is 25.2 Å². The molecule has 1 aliphatic heterocycles. The zero-order valence-electron chi connectivity index (χ0n) is 19.0. The van der Waals surface area contributed by atoms with Gasteiger partial charge in [0.05, 0.1) is 15.1 Å². The van der Waals surface area contributed by atoms with Gasteiger partial charge in [0.1, 0.15) is 0 Å². The van der Waals surface area contributed by atoms with Crippen LogP contribution in [0, 0.1) is 13.8 Å². The van der Waals surface area contributed by atoms with Gasteiger partial charge in [-0.25, -0.2) is 8.42 Å². The molecule has 32 heavy (non-hydrogen) atoms. The van der Waals surface area contributed by atoms with E-state index in [0.717, 1.165) is 35.9 Å². The highest BCUT2D eigenvalue weighted by atomic mass is 32.2. The molecule has 3 aromatic rings. The molecule has 1 fully saturated rings. The van der Waals surface area contributed by atoms with Gasteiger partial charge < -0.3 is 4.57 Å². The molecule has 6 nitrogen and oxygen atoms in total. The van der Waals surface area contributed by atoms with E-state index in [1.54, 1.807) is 16.4 Å². The van der Waals surface area contributed by atoms with Crippen LogP contribution in [0.1, 0.15) is 54.1 Å². The van der Waals surface area contributed by atoms with Crippen LogP contribution in [0.4, 0.5) is 0 Å². The van der Waals surface area contributed by atoms with Gasteiger partial charge in [-0.05, 0) is 80.6 Å². The lowest BCUT2D eigenvalue weighted by Gasteiger charge is -2.34. The number of benzene rings is 2. The predicted octanol–water partition coefficient (Wildman–Crippen LogP) is 4.55. The SMILES string of the molecule is CCC1CCCCN1S(=O)(=O)c1ccc(C(=O)N=c2sc3cc(C)c(C)cc3n2C)cc1. The van der Waals surface area contributed by atoms with Crippen molar-refractivity contribution in [3.8, 4) is 0 Å². The normalized spacial score (nSPS) is 18.4. The molecule has 0 aliphatic carbocycles. The van der Waals surface area contributed by atoms with Crippen LogP contribution in [0.5, 0.6) is 0 Å². The van der Waals surface area contributed by atoms with Crippen molar-refractivity contribution in [2.75, 3.05) is 6.54 Å². The van der Waals surface area contributed by atoms with Crippen LogP contribution in [-0.4, -0.2) is 35.8 Å². The Bertz CT molecular complexity index is 1340. The number of fused-ring (bicyclic) bond motifs is 1. The van der Waals surface area contributed by atoms with Gasteiger partial charge in [-0.2, -0.15) is 9.30 Å². The monoisotopic (exact) mass is 471 g/mol. The molecule has 4 rings (SSSR count). The van der Waals surface area contributed by atoms with Crippen molar-refractivity contribution in [1.29, 1.82) is 0 Å². The summed E-state index contributed by atoms with van der Waals surface area (Å²) < 4.78 is 30.9. The van der Waals surface area contributed by atoms with Crippen molar-refractivity contribution in [3.05, 3.63) is 57.9 Å². The van der Waals surface area contributed by atoms with Crippen LogP contribution in [0.15, 0.2) is 46.3 Å². The molecule has 1 saturated heterocycles. The maximum absolute atomic E-state index is 13.1. The lowest BCUT2D eigenvalue weighted by molar-refractivity contribution is 0.0998. The number of thiazole rings is 1. The van der Waals surface area contributed by atoms with Gasteiger partial charge in [0.2, 0.25) is 10.0 Å². The first-order valence-corrected chi connectivity index (χ1v) is 13.3. The molecular formula is C24H29N3O3S2. The van der Waals surface area contributed by atoms with Crippen LogP contribution < -0.4 is 4.80 Å². The van der Waals surface area contributed by atoms with E-state index in [9.17, 15) is 13.2 Å². The summed E-state index contributed by atoms with van der Waals surface area (Å²) in [4.78, 5) is 18.0. The van der Waals surface area contributed by atoms with E-state index in [-0.39, 0.29) is 16.8 Å². The quantitative estimate of drug-likeness (QED) is 0.560. The molecule has 0 bridgehead atoms. The summed E-state index contributed by atoms with van der Waals surface area (Å²) in [5.41, 5.74) is 3.81. The summed E-state index contributed by atoms with van der Waals surface area (Å²) in [7, 11) is -1.67. The van der Waals surface area contributed by atoms with Gasteiger partial charge >= 0.3 is 0 Å². The molecule has 0 N–H and O–H groups in total. The number of nitrogens with zero attached hydrogens (tertiary/aromatic N) is 3. The molecule has 0 saturated carbocycles. The summed E-state index contributed by atoms with van der Waals surface area (Å²) in [5.74, 6) is -0.381. The fourth-order valence-electron chi connectivity index (χ4n) is 4.24. The van der Waals surface area contributed by atoms with Gasteiger partial charge in [-0.1, -0.05) is 24.7 Å². The Hall–Kier alpha value is -2.29. The molecule has 1 unspecified atom stereocenters. The summed E-state index contributed by atoms with van der Waals surface area (Å²) in [6, 6.07) is 10.4. The average molecular weight is 472 g/mol. The van der Waals surface area contributed by atoms with E-state index in [1.807, 2.05) is 18.5 Å². The fraction of sp³-hybridized carbons (Fsp3) is 0.417. The van der Waals surface area contributed by atoms with Crippen LogP contribution in [0.3, 0.4) is 0 Å². The highest BCUT2D eigenvalue weighted by Crippen LogP contribution is 2.27. The largest absolute Gasteiger partial charge is 0.319 e. The number of hydrogen-bond acceptors (Lipinski definition) is 4. The van der Waals surface area contributed by atoms with Crippen LogP contribution in [-0.2, 0) is 17.1 Å². The molecule has 1 amide bonds. The second-order valence-corrected chi connectivity index (χ2v) is 11.4. The van der Waals surface area contributed by atoms with Gasteiger partial charge in [0.25, 0.3) is 5.91 Å². The van der Waals surface area contributed by atoms with E-state index >= 15 is 0 Å². The molecule has 2 aromatic carbocycles. The lowest BCUT2D eigenvalue weighted by Crippen LogP contribution is -2.43. The first kappa shape index (κ1) is 22.9. The Labute approximate surface area is 193 Å². The smallest absolute Gasteiger partial charge is 0.279 e. The van der Waals surface area contributed by atoms with Crippen molar-refractivity contribution in [3.63, 3.8) is 0 Å². The number of carbonyl (C=O) groups excluding carboxylic acids is 1. The highest BCUT2D eigenvalue weighted by molar-refractivity contribution is 7.89. The highest BCUT2D eigenvalue weighted by Gasteiger charge is 2.32. The average Bonchev–Trinajstić information content (AvgIpc) is 3.08. The van der Waals surface area contributed by atoms with Crippen molar-refractivity contribution in [2.45, 2.75) is 57.4 Å². The van der Waals surface area contributed by atoms with Gasteiger partial charge in [-0.15, -0.1) is 0 Å². The zero-order chi connectivity index (χ0) is 23.0. The number of rotatable bonds is 4. The molecule has 8 heteroatoms.